The van der Waals surface area contributed by atoms with E-state index in [-0.39, 0.29) is 17.9 Å². The number of hydrogen-bond acceptors (Lipinski definition) is 4. The molecule has 6 nitrogen and oxygen atoms in total. The molecule has 0 aliphatic carbocycles. The minimum Gasteiger partial charge on any atom is -0.461 e. The average Bonchev–Trinajstić information content (AvgIpc) is 2.93. The molecule has 0 aliphatic heterocycles. The number of esters is 1. The highest BCUT2D eigenvalue weighted by molar-refractivity contribution is 14.1. The Balaban J connectivity index is 2.09. The first-order chi connectivity index (χ1) is 10.6. The fraction of sp³-hybridized carbons (Fsp3) is 0.133. The van der Waals surface area contributed by atoms with Crippen LogP contribution in [0.5, 0.6) is 0 Å². The molecule has 1 aromatic carbocycles. The molecular weight excluding hydrogens is 397 g/mol. The van der Waals surface area contributed by atoms with Gasteiger partial charge in [-0.1, -0.05) is 12.1 Å². The molecule has 2 aromatic heterocycles. The van der Waals surface area contributed by atoms with E-state index in [0.717, 1.165) is 14.8 Å². The van der Waals surface area contributed by atoms with Gasteiger partial charge < -0.3 is 4.74 Å². The smallest absolute Gasteiger partial charge is 0.357 e. The van der Waals surface area contributed by atoms with Crippen molar-refractivity contribution >= 4 is 34.2 Å². The second-order valence-corrected chi connectivity index (χ2v) is 5.82. The molecular formula is C15H12IN3O3. The van der Waals surface area contributed by atoms with Gasteiger partial charge in [-0.05, 0) is 47.2 Å². The second kappa shape index (κ2) is 5.91. The molecule has 2 heterocycles. The Labute approximate surface area is 139 Å². The molecule has 0 fully saturated rings. The maximum absolute atomic E-state index is 12.1. The quantitative estimate of drug-likeness (QED) is 0.533. The predicted molar refractivity (Wildman–Crippen MR) is 89.9 cm³/mol. The van der Waals surface area contributed by atoms with Gasteiger partial charge >= 0.3 is 5.97 Å². The third kappa shape index (κ3) is 2.76. The molecule has 3 rings (SSSR count). The van der Waals surface area contributed by atoms with Crippen LogP contribution >= 0.6 is 22.6 Å². The Morgan fingerprint density at radius 2 is 2.05 bits per heavy atom. The summed E-state index contributed by atoms with van der Waals surface area (Å²) in [5.74, 6) is -0.598. The number of H-pyrrole nitrogens is 1. The van der Waals surface area contributed by atoms with Crippen molar-refractivity contribution in [2.45, 2.75) is 6.92 Å². The van der Waals surface area contributed by atoms with Crippen LogP contribution in [0.4, 0.5) is 0 Å². The van der Waals surface area contributed by atoms with Crippen LogP contribution in [0, 0.1) is 3.57 Å². The molecule has 0 amide bonds. The van der Waals surface area contributed by atoms with Crippen LogP contribution in [0.3, 0.4) is 0 Å². The lowest BCUT2D eigenvalue weighted by molar-refractivity contribution is 0.0519. The van der Waals surface area contributed by atoms with Gasteiger partial charge in [0.05, 0.1) is 12.3 Å². The largest absolute Gasteiger partial charge is 0.461 e. The fourth-order valence-electron chi connectivity index (χ4n) is 2.08. The lowest BCUT2D eigenvalue weighted by atomic mass is 10.2. The first-order valence-corrected chi connectivity index (χ1v) is 7.72. The summed E-state index contributed by atoms with van der Waals surface area (Å²) in [6.07, 6.45) is 0. The summed E-state index contributed by atoms with van der Waals surface area (Å²) in [4.78, 5) is 28.0. The lowest BCUT2D eigenvalue weighted by Gasteiger charge is -2.00. The van der Waals surface area contributed by atoms with Gasteiger partial charge in [0, 0.05) is 15.7 Å². The summed E-state index contributed by atoms with van der Waals surface area (Å²) in [7, 11) is 0. The highest BCUT2D eigenvalue weighted by Crippen LogP contribution is 2.19. The van der Waals surface area contributed by atoms with Gasteiger partial charge in [-0.2, -0.15) is 0 Å². The minimum atomic E-state index is -0.598. The number of hydrogen-bond donors (Lipinski definition) is 1. The zero-order chi connectivity index (χ0) is 15.7. The maximum atomic E-state index is 12.1. The van der Waals surface area contributed by atoms with Crippen LogP contribution < -0.4 is 5.56 Å². The van der Waals surface area contributed by atoms with E-state index < -0.39 is 5.97 Å². The van der Waals surface area contributed by atoms with Gasteiger partial charge in [0.25, 0.3) is 5.56 Å². The van der Waals surface area contributed by atoms with Crippen molar-refractivity contribution in [2.75, 3.05) is 6.61 Å². The van der Waals surface area contributed by atoms with E-state index in [1.165, 1.54) is 10.6 Å². The zero-order valence-electron chi connectivity index (χ0n) is 11.7. The van der Waals surface area contributed by atoms with E-state index in [9.17, 15) is 9.59 Å². The van der Waals surface area contributed by atoms with E-state index in [1.54, 1.807) is 13.0 Å². The van der Waals surface area contributed by atoms with Crippen molar-refractivity contribution < 1.29 is 9.53 Å². The monoisotopic (exact) mass is 409 g/mol. The van der Waals surface area contributed by atoms with E-state index in [2.05, 4.69) is 32.7 Å². The minimum absolute atomic E-state index is 0.0139. The number of aromatic nitrogens is 3. The summed E-state index contributed by atoms with van der Waals surface area (Å²) in [5.41, 5.74) is 1.72. The summed E-state index contributed by atoms with van der Waals surface area (Å²) < 4.78 is 7.30. The Bertz CT molecular complexity index is 897. The number of fused-ring (bicyclic) bond motifs is 1. The number of aromatic amines is 1. The molecule has 22 heavy (non-hydrogen) atoms. The number of ether oxygens (including phenoxy) is 1. The average molecular weight is 409 g/mol. The zero-order valence-corrected chi connectivity index (χ0v) is 13.8. The predicted octanol–water partition coefficient (Wildman–Crippen LogP) is 2.47. The maximum Gasteiger partial charge on any atom is 0.357 e. The third-order valence-corrected chi connectivity index (χ3v) is 3.81. The van der Waals surface area contributed by atoms with Crippen molar-refractivity contribution in [1.82, 2.24) is 14.6 Å². The molecule has 0 bridgehead atoms. The van der Waals surface area contributed by atoms with Crippen molar-refractivity contribution in [1.29, 1.82) is 0 Å². The molecule has 1 N–H and O–H groups in total. The van der Waals surface area contributed by atoms with E-state index >= 15 is 0 Å². The van der Waals surface area contributed by atoms with Crippen LogP contribution in [0.1, 0.15) is 17.4 Å². The topological polar surface area (TPSA) is 76.5 Å². The van der Waals surface area contributed by atoms with Crippen molar-refractivity contribution in [2.24, 2.45) is 0 Å². The van der Waals surface area contributed by atoms with Gasteiger partial charge in [-0.25, -0.2) is 14.3 Å². The molecule has 0 radical (unpaired) electrons. The molecule has 112 valence electrons. The van der Waals surface area contributed by atoms with Crippen LogP contribution in [0.2, 0.25) is 0 Å². The SMILES string of the molecule is CCOC(=O)c1cc(=O)n2[nH]c(-c3ccc(I)cc3)cc2n1. The highest BCUT2D eigenvalue weighted by Gasteiger charge is 2.13. The number of halogens is 1. The molecule has 0 unspecified atom stereocenters. The number of carbonyl (C=O) groups excluding carboxylic acids is 1. The van der Waals surface area contributed by atoms with Crippen molar-refractivity contribution in [3.8, 4) is 11.3 Å². The fourth-order valence-corrected chi connectivity index (χ4v) is 2.44. The first kappa shape index (κ1) is 14.8. The van der Waals surface area contributed by atoms with Crippen LogP contribution in [0.15, 0.2) is 41.2 Å². The van der Waals surface area contributed by atoms with E-state index in [1.807, 2.05) is 24.3 Å². The van der Waals surface area contributed by atoms with Crippen LogP contribution in [0.25, 0.3) is 16.9 Å². The van der Waals surface area contributed by atoms with Gasteiger partial charge in [0.15, 0.2) is 11.3 Å². The van der Waals surface area contributed by atoms with Crippen molar-refractivity contribution in [3.63, 3.8) is 0 Å². The lowest BCUT2D eigenvalue weighted by Crippen LogP contribution is -2.18. The van der Waals surface area contributed by atoms with Gasteiger partial charge in [0.2, 0.25) is 0 Å². The number of nitrogens with zero attached hydrogens (tertiary/aromatic N) is 2. The van der Waals surface area contributed by atoms with Crippen LogP contribution in [-0.2, 0) is 4.74 Å². The molecule has 0 aliphatic rings. The summed E-state index contributed by atoms with van der Waals surface area (Å²) in [5, 5.41) is 2.98. The molecule has 0 spiro atoms. The number of nitrogens with one attached hydrogen (secondary N) is 1. The number of carbonyl (C=O) groups is 1. The Morgan fingerprint density at radius 3 is 2.73 bits per heavy atom. The van der Waals surface area contributed by atoms with E-state index in [0.29, 0.717) is 5.65 Å². The summed E-state index contributed by atoms with van der Waals surface area (Å²) in [6.45, 7) is 1.94. The molecule has 0 saturated heterocycles. The van der Waals surface area contributed by atoms with Crippen molar-refractivity contribution in [3.05, 3.63) is 56.0 Å². The number of benzene rings is 1. The summed E-state index contributed by atoms with van der Waals surface area (Å²) in [6, 6.07) is 10.7. The van der Waals surface area contributed by atoms with Gasteiger partial charge in [-0.3, -0.25) is 9.89 Å². The molecule has 0 saturated carbocycles. The molecule has 7 heteroatoms. The van der Waals surface area contributed by atoms with Crippen LogP contribution in [-0.4, -0.2) is 27.2 Å². The standard InChI is InChI=1S/C15H12IN3O3/c1-2-22-15(21)12-8-14(20)19-13(17-12)7-11(18-19)9-3-5-10(16)6-4-9/h3-8,18H,2H2,1H3. The second-order valence-electron chi connectivity index (χ2n) is 4.57. The normalized spacial score (nSPS) is 10.8. The first-order valence-electron chi connectivity index (χ1n) is 6.64. The van der Waals surface area contributed by atoms with Gasteiger partial charge in [-0.15, -0.1) is 0 Å². The molecule has 0 atom stereocenters. The molecule has 3 aromatic rings. The summed E-state index contributed by atoms with van der Waals surface area (Å²) >= 11 is 2.23. The van der Waals surface area contributed by atoms with Gasteiger partial charge in [0.1, 0.15) is 0 Å². The Kier molecular flexibility index (Phi) is 3.97. The van der Waals surface area contributed by atoms with E-state index in [4.69, 9.17) is 4.74 Å². The Hall–Kier alpha value is -2.16. The number of rotatable bonds is 3. The Morgan fingerprint density at radius 1 is 1.32 bits per heavy atom. The third-order valence-electron chi connectivity index (χ3n) is 3.09. The highest BCUT2D eigenvalue weighted by atomic mass is 127.